The van der Waals surface area contributed by atoms with Gasteiger partial charge in [0.1, 0.15) is 18.5 Å². The number of aryl methyl sites for hydroxylation is 1. The van der Waals surface area contributed by atoms with Gasteiger partial charge in [-0.15, -0.1) is 0 Å². The molecule has 2 amide bonds. The molecular weight excluding hydrogens is 403 g/mol. The Hall–Kier alpha value is -2.81. The van der Waals surface area contributed by atoms with Crippen LogP contribution in [0.15, 0.2) is 24.4 Å². The fourth-order valence-corrected chi connectivity index (χ4v) is 3.98. The van der Waals surface area contributed by atoms with E-state index in [4.69, 9.17) is 15.3 Å². The van der Waals surface area contributed by atoms with E-state index in [2.05, 4.69) is 10.3 Å². The highest BCUT2D eigenvalue weighted by molar-refractivity contribution is 6.41. The molecule has 1 saturated heterocycles. The van der Waals surface area contributed by atoms with E-state index in [1.54, 1.807) is 23.2 Å². The van der Waals surface area contributed by atoms with Crippen molar-refractivity contribution in [3.8, 4) is 5.88 Å². The molecule has 3 N–H and O–H groups in total. The fourth-order valence-electron chi connectivity index (χ4n) is 3.98. The predicted molar refractivity (Wildman–Crippen MR) is 113 cm³/mol. The number of alkyl halides is 1. The third-order valence-electron chi connectivity index (χ3n) is 5.89. The van der Waals surface area contributed by atoms with Crippen LogP contribution in [0.3, 0.4) is 0 Å². The molecule has 2 aliphatic rings. The van der Waals surface area contributed by atoms with Crippen LogP contribution in [0, 0.1) is 23.7 Å². The summed E-state index contributed by atoms with van der Waals surface area (Å²) in [7, 11) is 0. The Labute approximate surface area is 181 Å². The first-order valence-corrected chi connectivity index (χ1v) is 10.4. The second-order valence-corrected chi connectivity index (χ2v) is 8.21. The number of likely N-dealkylation sites (tertiary alicyclic amines) is 1. The number of pyridine rings is 1. The minimum absolute atomic E-state index is 0.0465. The molecule has 2 heterocycles. The summed E-state index contributed by atoms with van der Waals surface area (Å²) in [4.78, 5) is 31.4. The van der Waals surface area contributed by atoms with E-state index >= 15 is 0 Å². The van der Waals surface area contributed by atoms with Crippen LogP contribution in [0.5, 0.6) is 5.88 Å². The maximum absolute atomic E-state index is 13.0. The van der Waals surface area contributed by atoms with E-state index in [1.165, 1.54) is 6.92 Å². The number of hydrogen-bond acceptors (Lipinski definition) is 6. The number of fused-ring (bicyclic) bond motifs is 1. The Balaban J connectivity index is 1.73. The van der Waals surface area contributed by atoms with Gasteiger partial charge in [0.2, 0.25) is 11.8 Å². The summed E-state index contributed by atoms with van der Waals surface area (Å²) in [5, 5.41) is 19.9. The largest absolute Gasteiger partial charge is 0.474 e. The van der Waals surface area contributed by atoms with Gasteiger partial charge in [0.25, 0.3) is 5.91 Å². The number of carbonyl (C=O) groups is 2. The Morgan fingerprint density at radius 2 is 2.26 bits per heavy atom. The van der Waals surface area contributed by atoms with Crippen LogP contribution in [0.25, 0.3) is 0 Å². The Bertz CT molecular complexity index is 903. The number of ether oxygens (including phenoxy) is 1. The van der Waals surface area contributed by atoms with Gasteiger partial charge in [-0.2, -0.15) is 0 Å². The van der Waals surface area contributed by atoms with Crippen LogP contribution in [0.4, 0.5) is 4.39 Å². The predicted octanol–water partition coefficient (Wildman–Crippen LogP) is 1.72. The van der Waals surface area contributed by atoms with Crippen molar-refractivity contribution in [2.45, 2.75) is 39.4 Å². The number of amides is 2. The SMILES string of the molecule is Cc1cc(C(C)N2C[C@@]3(C(=N)C(=O)NCCCO)C=CC3C2=O)cnc1OCC(C)F. The molecule has 0 bridgehead atoms. The van der Waals surface area contributed by atoms with E-state index in [0.717, 1.165) is 11.1 Å². The second-order valence-electron chi connectivity index (χ2n) is 8.21. The van der Waals surface area contributed by atoms with Crippen molar-refractivity contribution >= 4 is 17.5 Å². The van der Waals surface area contributed by atoms with Crippen molar-refractivity contribution in [2.75, 3.05) is 26.3 Å². The number of halogens is 1. The Morgan fingerprint density at radius 1 is 1.52 bits per heavy atom. The monoisotopic (exact) mass is 432 g/mol. The lowest BCUT2D eigenvalue weighted by molar-refractivity contribution is -0.131. The molecule has 0 radical (unpaired) electrons. The lowest BCUT2D eigenvalue weighted by Gasteiger charge is -2.35. The second kappa shape index (κ2) is 9.13. The van der Waals surface area contributed by atoms with E-state index in [0.29, 0.717) is 12.3 Å². The molecule has 9 heteroatoms. The summed E-state index contributed by atoms with van der Waals surface area (Å²) in [5.41, 5.74) is 0.460. The highest BCUT2D eigenvalue weighted by Crippen LogP contribution is 2.49. The molecule has 8 nitrogen and oxygen atoms in total. The summed E-state index contributed by atoms with van der Waals surface area (Å²) in [5.74, 6) is -0.833. The van der Waals surface area contributed by atoms with Crippen LogP contribution in [0.2, 0.25) is 0 Å². The van der Waals surface area contributed by atoms with Crippen LogP contribution in [-0.4, -0.2) is 65.0 Å². The molecule has 1 fully saturated rings. The van der Waals surface area contributed by atoms with Gasteiger partial charge in [0.15, 0.2) is 0 Å². The number of aromatic nitrogens is 1. The van der Waals surface area contributed by atoms with Gasteiger partial charge >= 0.3 is 0 Å². The van der Waals surface area contributed by atoms with Gasteiger partial charge in [-0.1, -0.05) is 12.2 Å². The van der Waals surface area contributed by atoms with Crippen LogP contribution in [0.1, 0.15) is 37.4 Å². The summed E-state index contributed by atoms with van der Waals surface area (Å²) < 4.78 is 18.4. The highest BCUT2D eigenvalue weighted by atomic mass is 19.1. The highest BCUT2D eigenvalue weighted by Gasteiger charge is 2.59. The van der Waals surface area contributed by atoms with Gasteiger partial charge in [-0.05, 0) is 38.8 Å². The number of nitrogens with zero attached hydrogens (tertiary/aromatic N) is 2. The minimum Gasteiger partial charge on any atom is -0.474 e. The zero-order chi connectivity index (χ0) is 22.8. The molecule has 31 heavy (non-hydrogen) atoms. The quantitative estimate of drug-likeness (QED) is 0.296. The number of carbonyl (C=O) groups excluding carboxylic acids is 2. The smallest absolute Gasteiger partial charge is 0.265 e. The van der Waals surface area contributed by atoms with Crippen molar-refractivity contribution in [1.29, 1.82) is 5.41 Å². The summed E-state index contributed by atoms with van der Waals surface area (Å²) in [6, 6.07) is 1.54. The third kappa shape index (κ3) is 4.32. The average molecular weight is 432 g/mol. The molecule has 1 aromatic rings. The number of nitrogens with one attached hydrogen (secondary N) is 2. The average Bonchev–Trinajstić information content (AvgIpc) is 2.91. The first kappa shape index (κ1) is 22.9. The van der Waals surface area contributed by atoms with Crippen molar-refractivity contribution in [1.82, 2.24) is 15.2 Å². The number of aliphatic hydroxyl groups excluding tert-OH is 1. The first-order chi connectivity index (χ1) is 14.7. The zero-order valence-electron chi connectivity index (χ0n) is 18.0. The molecule has 3 rings (SSSR count). The van der Waals surface area contributed by atoms with Gasteiger partial charge in [-0.3, -0.25) is 15.0 Å². The molecule has 168 valence electrons. The van der Waals surface area contributed by atoms with Crippen molar-refractivity contribution in [3.63, 3.8) is 0 Å². The molecule has 0 spiro atoms. The van der Waals surface area contributed by atoms with Gasteiger partial charge in [0, 0.05) is 31.5 Å². The van der Waals surface area contributed by atoms with E-state index < -0.39 is 23.4 Å². The molecular formula is C22H29FN4O4. The Morgan fingerprint density at radius 3 is 2.84 bits per heavy atom. The Kier molecular flexibility index (Phi) is 6.74. The van der Waals surface area contributed by atoms with E-state index in [1.807, 2.05) is 19.9 Å². The van der Waals surface area contributed by atoms with E-state index in [9.17, 15) is 14.0 Å². The topological polar surface area (TPSA) is 116 Å². The molecule has 0 saturated carbocycles. The van der Waals surface area contributed by atoms with Gasteiger partial charge in [-0.25, -0.2) is 9.37 Å². The van der Waals surface area contributed by atoms with Crippen molar-refractivity contribution in [2.24, 2.45) is 11.3 Å². The standard InChI is InChI=1S/C22H29FN4O4/c1-13-9-16(10-26-20(13)31-11-14(2)23)15(3)27-12-22(6-5-17(22)21(27)30)18(24)19(29)25-7-4-8-28/h5-6,9-10,14-15,17,24,28H,4,7-8,11-12H2,1-3H3,(H,25,29)/t14?,15?,17?,22-/m0/s1. The van der Waals surface area contributed by atoms with Crippen LogP contribution < -0.4 is 10.1 Å². The van der Waals surface area contributed by atoms with Crippen molar-refractivity contribution < 1.29 is 23.8 Å². The normalized spacial score (nSPS) is 23.7. The van der Waals surface area contributed by atoms with Crippen molar-refractivity contribution in [3.05, 3.63) is 35.5 Å². The number of hydrogen-bond donors (Lipinski definition) is 3. The summed E-state index contributed by atoms with van der Waals surface area (Å²) in [6.07, 6.45) is 4.41. The molecule has 3 unspecified atom stereocenters. The molecule has 1 aromatic heterocycles. The summed E-state index contributed by atoms with van der Waals surface area (Å²) in [6.45, 7) is 5.48. The number of aliphatic hydroxyl groups is 1. The first-order valence-electron chi connectivity index (χ1n) is 10.4. The molecule has 1 aliphatic carbocycles. The lowest BCUT2D eigenvalue weighted by atomic mass is 9.65. The molecule has 4 atom stereocenters. The minimum atomic E-state index is -1.10. The maximum Gasteiger partial charge on any atom is 0.265 e. The fraction of sp³-hybridized carbons (Fsp3) is 0.545. The van der Waals surface area contributed by atoms with Crippen LogP contribution >= 0.6 is 0 Å². The van der Waals surface area contributed by atoms with Crippen LogP contribution in [-0.2, 0) is 9.59 Å². The zero-order valence-corrected chi connectivity index (χ0v) is 18.0. The maximum atomic E-state index is 13.0. The third-order valence-corrected chi connectivity index (χ3v) is 5.89. The number of rotatable bonds is 10. The van der Waals surface area contributed by atoms with Gasteiger partial charge in [0.05, 0.1) is 17.4 Å². The molecule has 1 aliphatic heterocycles. The summed E-state index contributed by atoms with van der Waals surface area (Å²) >= 11 is 0. The molecule has 0 aromatic carbocycles. The van der Waals surface area contributed by atoms with E-state index in [-0.39, 0.29) is 44.0 Å². The van der Waals surface area contributed by atoms with Gasteiger partial charge < -0.3 is 20.1 Å². The lowest BCUT2D eigenvalue weighted by Crippen LogP contribution is -2.49.